The Hall–Kier alpha value is -1.66. The molecule has 124 valence electrons. The van der Waals surface area contributed by atoms with Crippen molar-refractivity contribution >= 4 is 5.91 Å². The van der Waals surface area contributed by atoms with Gasteiger partial charge in [-0.15, -0.1) is 0 Å². The third-order valence-corrected chi connectivity index (χ3v) is 3.79. The van der Waals surface area contributed by atoms with Gasteiger partial charge in [0.15, 0.2) is 23.3 Å². The molecule has 0 N–H and O–H groups in total. The first-order chi connectivity index (χ1) is 10.2. The van der Waals surface area contributed by atoms with E-state index < -0.39 is 52.6 Å². The molecule has 0 bridgehead atoms. The third-order valence-electron chi connectivity index (χ3n) is 3.79. The second-order valence-corrected chi connectivity index (χ2v) is 5.17. The van der Waals surface area contributed by atoms with Crippen LogP contribution in [0.4, 0.5) is 22.0 Å². The number of carbonyl (C=O) groups is 1. The maximum Gasteiger partial charge on any atom is 0.260 e. The second-order valence-electron chi connectivity index (χ2n) is 5.17. The number of halogens is 5. The Labute approximate surface area is 125 Å². The zero-order valence-electron chi connectivity index (χ0n) is 12.8. The molecule has 1 rings (SSSR count). The highest BCUT2D eigenvalue weighted by Gasteiger charge is 2.34. The second kappa shape index (κ2) is 7.07. The van der Waals surface area contributed by atoms with Crippen molar-refractivity contribution in [3.05, 3.63) is 34.6 Å². The molecule has 0 aliphatic heterocycles. The predicted molar refractivity (Wildman–Crippen MR) is 71.9 cm³/mol. The van der Waals surface area contributed by atoms with E-state index >= 15 is 0 Å². The van der Waals surface area contributed by atoms with Crippen LogP contribution in [0.2, 0.25) is 0 Å². The summed E-state index contributed by atoms with van der Waals surface area (Å²) in [5, 5.41) is 0. The molecule has 1 amide bonds. The molecule has 7 heteroatoms. The predicted octanol–water partition coefficient (Wildman–Crippen LogP) is 4.42. The van der Waals surface area contributed by atoms with Gasteiger partial charge in [-0.25, -0.2) is 22.0 Å². The van der Waals surface area contributed by atoms with Crippen LogP contribution in [-0.2, 0) is 0 Å². The third kappa shape index (κ3) is 3.08. The Bertz CT molecular complexity index is 537. The molecule has 2 atom stereocenters. The van der Waals surface area contributed by atoms with E-state index in [2.05, 4.69) is 0 Å². The first-order valence-electron chi connectivity index (χ1n) is 7.02. The van der Waals surface area contributed by atoms with E-state index in [1.807, 2.05) is 0 Å². The molecular formula is C15H18F5NO. The molecule has 2 nitrogen and oxygen atoms in total. The van der Waals surface area contributed by atoms with Crippen molar-refractivity contribution in [2.45, 2.75) is 52.6 Å². The number of rotatable bonds is 5. The van der Waals surface area contributed by atoms with Crippen molar-refractivity contribution < 1.29 is 26.7 Å². The number of nitrogens with zero attached hydrogens (tertiary/aromatic N) is 1. The Morgan fingerprint density at radius 3 is 1.45 bits per heavy atom. The molecule has 0 saturated carbocycles. The van der Waals surface area contributed by atoms with Crippen molar-refractivity contribution in [1.82, 2.24) is 4.90 Å². The maximum absolute atomic E-state index is 13.8. The van der Waals surface area contributed by atoms with E-state index in [-0.39, 0.29) is 0 Å². The van der Waals surface area contributed by atoms with Gasteiger partial charge in [0.1, 0.15) is 5.56 Å². The fourth-order valence-corrected chi connectivity index (χ4v) is 2.15. The van der Waals surface area contributed by atoms with Crippen LogP contribution in [0, 0.1) is 29.1 Å². The van der Waals surface area contributed by atoms with Crippen LogP contribution in [0.1, 0.15) is 50.9 Å². The van der Waals surface area contributed by atoms with E-state index in [9.17, 15) is 26.7 Å². The minimum absolute atomic E-state index is 0.405. The van der Waals surface area contributed by atoms with Crippen LogP contribution >= 0.6 is 0 Å². The van der Waals surface area contributed by atoms with Gasteiger partial charge >= 0.3 is 0 Å². The topological polar surface area (TPSA) is 20.3 Å². The average molecular weight is 323 g/mol. The van der Waals surface area contributed by atoms with Crippen molar-refractivity contribution in [1.29, 1.82) is 0 Å². The lowest BCUT2D eigenvalue weighted by atomic mass is 10.1. The van der Waals surface area contributed by atoms with E-state index in [4.69, 9.17) is 0 Å². The van der Waals surface area contributed by atoms with Gasteiger partial charge in [-0.2, -0.15) is 0 Å². The zero-order valence-corrected chi connectivity index (χ0v) is 12.8. The van der Waals surface area contributed by atoms with E-state index in [0.29, 0.717) is 12.8 Å². The minimum Gasteiger partial charge on any atom is -0.333 e. The summed E-state index contributed by atoms with van der Waals surface area (Å²) in [6.45, 7) is 6.81. The molecule has 0 heterocycles. The van der Waals surface area contributed by atoms with Crippen LogP contribution in [0.3, 0.4) is 0 Å². The van der Waals surface area contributed by atoms with Gasteiger partial charge in [-0.05, 0) is 26.7 Å². The molecule has 22 heavy (non-hydrogen) atoms. The van der Waals surface area contributed by atoms with E-state index in [1.165, 1.54) is 0 Å². The highest BCUT2D eigenvalue weighted by atomic mass is 19.2. The average Bonchev–Trinajstić information content (AvgIpc) is 2.50. The van der Waals surface area contributed by atoms with Crippen molar-refractivity contribution in [3.8, 4) is 0 Å². The van der Waals surface area contributed by atoms with Crippen LogP contribution < -0.4 is 0 Å². The fourth-order valence-electron chi connectivity index (χ4n) is 2.15. The normalized spacial score (nSPS) is 13.9. The Morgan fingerprint density at radius 1 is 0.818 bits per heavy atom. The summed E-state index contributed by atoms with van der Waals surface area (Å²) in [6, 6.07) is -0.810. The standard InChI is InChI=1S/C15H18F5NO/c1-5-7(3)21(8(4)6-2)15(22)9-10(16)12(18)14(20)13(19)11(9)17/h7-8H,5-6H2,1-4H3/t7-,8+. The van der Waals surface area contributed by atoms with Crippen molar-refractivity contribution in [2.24, 2.45) is 0 Å². The quantitative estimate of drug-likeness (QED) is 0.446. The van der Waals surface area contributed by atoms with Gasteiger partial charge < -0.3 is 4.90 Å². The number of hydrogen-bond acceptors (Lipinski definition) is 1. The monoisotopic (exact) mass is 323 g/mol. The smallest absolute Gasteiger partial charge is 0.260 e. The van der Waals surface area contributed by atoms with Gasteiger partial charge in [0, 0.05) is 12.1 Å². The number of amides is 1. The first-order valence-corrected chi connectivity index (χ1v) is 7.02. The lowest BCUT2D eigenvalue weighted by Crippen LogP contribution is -2.45. The molecule has 0 spiro atoms. The van der Waals surface area contributed by atoms with Gasteiger partial charge in [0.25, 0.3) is 5.91 Å². The Morgan fingerprint density at radius 2 is 1.14 bits per heavy atom. The summed E-state index contributed by atoms with van der Waals surface area (Å²) in [4.78, 5) is 13.5. The van der Waals surface area contributed by atoms with Gasteiger partial charge in [0.05, 0.1) is 0 Å². The zero-order chi connectivity index (χ0) is 17.2. The molecule has 0 fully saturated rings. The number of carbonyl (C=O) groups excluding carboxylic acids is 1. The molecule has 0 radical (unpaired) electrons. The van der Waals surface area contributed by atoms with Crippen LogP contribution in [0.25, 0.3) is 0 Å². The van der Waals surface area contributed by atoms with Crippen LogP contribution in [-0.4, -0.2) is 22.9 Å². The number of hydrogen-bond donors (Lipinski definition) is 0. The van der Waals surface area contributed by atoms with E-state index in [0.717, 1.165) is 4.90 Å². The summed E-state index contributed by atoms with van der Waals surface area (Å²) in [7, 11) is 0. The lowest BCUT2D eigenvalue weighted by Gasteiger charge is -2.34. The van der Waals surface area contributed by atoms with Crippen LogP contribution in [0.15, 0.2) is 0 Å². The van der Waals surface area contributed by atoms with Crippen molar-refractivity contribution in [3.63, 3.8) is 0 Å². The maximum atomic E-state index is 13.8. The molecular weight excluding hydrogens is 305 g/mol. The van der Waals surface area contributed by atoms with Crippen LogP contribution in [0.5, 0.6) is 0 Å². The summed E-state index contributed by atoms with van der Waals surface area (Å²) in [5.41, 5.74) is -1.41. The SMILES string of the molecule is CC[C@@H](C)N(C(=O)c1c(F)c(F)c(F)c(F)c1F)[C@@H](C)CC. The highest BCUT2D eigenvalue weighted by Crippen LogP contribution is 2.26. The number of benzene rings is 1. The fraction of sp³-hybridized carbons (Fsp3) is 0.533. The molecule has 0 saturated heterocycles. The van der Waals surface area contributed by atoms with Gasteiger partial charge in [-0.1, -0.05) is 13.8 Å². The van der Waals surface area contributed by atoms with Gasteiger partial charge in [0.2, 0.25) is 5.82 Å². The molecule has 0 aliphatic rings. The summed E-state index contributed by atoms with van der Waals surface area (Å²) in [6.07, 6.45) is 0.955. The summed E-state index contributed by atoms with van der Waals surface area (Å²) < 4.78 is 67.1. The summed E-state index contributed by atoms with van der Waals surface area (Å²) >= 11 is 0. The van der Waals surface area contributed by atoms with Gasteiger partial charge in [-0.3, -0.25) is 4.79 Å². The molecule has 0 aromatic heterocycles. The molecule has 1 aromatic carbocycles. The molecule has 0 aliphatic carbocycles. The highest BCUT2D eigenvalue weighted by molar-refractivity contribution is 5.95. The Balaban J connectivity index is 3.49. The minimum atomic E-state index is -2.27. The largest absolute Gasteiger partial charge is 0.333 e. The molecule has 0 unspecified atom stereocenters. The Kier molecular flexibility index (Phi) is 5.91. The van der Waals surface area contributed by atoms with Crippen molar-refractivity contribution in [2.75, 3.05) is 0 Å². The summed E-state index contributed by atoms with van der Waals surface area (Å²) in [5.74, 6) is -11.9. The first kappa shape index (κ1) is 18.4. The van der Waals surface area contributed by atoms with E-state index in [1.54, 1.807) is 27.7 Å². The molecule has 1 aromatic rings. The lowest BCUT2D eigenvalue weighted by molar-refractivity contribution is 0.0585.